The Balaban J connectivity index is 0.000000588. The predicted octanol–water partition coefficient (Wildman–Crippen LogP) is 4.85. The van der Waals surface area contributed by atoms with E-state index < -0.39 is 6.15 Å². The Morgan fingerprint density at radius 3 is 0.912 bits per heavy atom. The normalized spacial score (nSPS) is 11.0. The Hall–Kier alpha value is -3.10. The first-order valence-corrected chi connectivity index (χ1v) is 12.5. The van der Waals surface area contributed by atoms with Crippen molar-refractivity contribution in [3.05, 3.63) is 119 Å². The number of benzene rings is 4. The molecule has 0 amide bonds. The Labute approximate surface area is 206 Å². The molecule has 0 fully saturated rings. The highest BCUT2D eigenvalue weighted by Crippen LogP contribution is 2.13. The summed E-state index contributed by atoms with van der Waals surface area (Å²) in [4.78, 5) is 0. The van der Waals surface area contributed by atoms with Crippen LogP contribution in [0.4, 0.5) is 0 Å². The molecule has 0 saturated heterocycles. The molecule has 0 aromatic heterocycles. The molecule has 1 nitrogen and oxygen atoms in total. The number of aliphatic hydroxyl groups is 2. The fourth-order valence-electron chi connectivity index (χ4n) is 5.14. The minimum atomic E-state index is -1.29. The number of hydrogen-bond donors (Lipinski definition) is 0. The predicted molar refractivity (Wildman–Crippen MR) is 152 cm³/mol. The van der Waals surface area contributed by atoms with E-state index >= 15 is 0 Å². The molecule has 0 aliphatic heterocycles. The first-order valence-electron chi connectivity index (χ1n) is 12.5. The van der Waals surface area contributed by atoms with E-state index in [9.17, 15) is 0 Å². The second kappa shape index (κ2) is 11.9. The lowest BCUT2D eigenvalue weighted by Gasteiger charge is -2.45. The molecule has 1 N–H and O–H groups in total. The quantitative estimate of drug-likeness (QED) is 0.294. The summed E-state index contributed by atoms with van der Waals surface area (Å²) in [6.45, 7) is 14.8. The number of aryl methyl sites for hydroxylation is 4. The van der Waals surface area contributed by atoms with Gasteiger partial charge in [-0.25, -0.2) is 0 Å². The molecule has 176 valence electrons. The summed E-state index contributed by atoms with van der Waals surface area (Å²) in [5.74, 6) is 0. The van der Waals surface area contributed by atoms with Crippen LogP contribution in [0.5, 0.6) is 0 Å². The van der Waals surface area contributed by atoms with Gasteiger partial charge in [0.15, 0.2) is 0 Å². The molecule has 0 aliphatic carbocycles. The maximum atomic E-state index is 3.97. The minimum absolute atomic E-state index is 0.969. The van der Waals surface area contributed by atoms with Crippen molar-refractivity contribution in [3.63, 3.8) is 0 Å². The third-order valence-electron chi connectivity index (χ3n) is 6.62. The van der Waals surface area contributed by atoms with Gasteiger partial charge in [-0.2, -0.15) is 21.9 Å². The molecular formula is C32H39BO. The fourth-order valence-corrected chi connectivity index (χ4v) is 5.14. The van der Waals surface area contributed by atoms with E-state index in [2.05, 4.69) is 129 Å². The molecule has 4 aromatic rings. The van der Waals surface area contributed by atoms with Crippen LogP contribution >= 0.6 is 0 Å². The number of ether oxygens (including phenoxy) is 1. The maximum absolute atomic E-state index is 3.97. The van der Waals surface area contributed by atoms with Crippen LogP contribution in [-0.2, 0) is 0 Å². The van der Waals surface area contributed by atoms with Crippen molar-refractivity contribution in [2.75, 3.05) is 13.2 Å². The molecule has 0 saturated carbocycles. The third-order valence-corrected chi connectivity index (χ3v) is 6.62. The molecule has 0 spiro atoms. The zero-order chi connectivity index (χ0) is 24.6. The van der Waals surface area contributed by atoms with E-state index in [1.54, 1.807) is 0 Å². The molecule has 0 aliphatic rings. The summed E-state index contributed by atoms with van der Waals surface area (Å²) >= 11 is 0. The first-order chi connectivity index (χ1) is 16.4. The Morgan fingerprint density at radius 2 is 0.735 bits per heavy atom. The van der Waals surface area contributed by atoms with Gasteiger partial charge in [-0.1, -0.05) is 119 Å². The summed E-state index contributed by atoms with van der Waals surface area (Å²) < 4.78 is 3.97. The topological polar surface area (TPSA) is 12.8 Å². The zero-order valence-corrected chi connectivity index (χ0v) is 21.7. The molecule has 2 heteroatoms. The van der Waals surface area contributed by atoms with Crippen molar-refractivity contribution in [3.8, 4) is 0 Å². The van der Waals surface area contributed by atoms with Gasteiger partial charge in [0.25, 0.3) is 0 Å². The SMILES string of the molecule is CC[OH+]CC.Cc1cccc([B-](c2cccc(C)c2)(c2cccc(C)c2)c2cccc(C)c2)c1. The highest BCUT2D eigenvalue weighted by atomic mass is 16.5. The van der Waals surface area contributed by atoms with Gasteiger partial charge in [-0.3, -0.25) is 0 Å². The van der Waals surface area contributed by atoms with Crippen LogP contribution in [0.25, 0.3) is 0 Å². The Bertz CT molecular complexity index is 1020. The van der Waals surface area contributed by atoms with Gasteiger partial charge in [0.2, 0.25) is 0 Å². The molecular weight excluding hydrogens is 411 g/mol. The van der Waals surface area contributed by atoms with Crippen molar-refractivity contribution in [2.24, 2.45) is 0 Å². The number of rotatable bonds is 6. The first kappa shape index (κ1) is 25.5. The van der Waals surface area contributed by atoms with Crippen LogP contribution in [-0.4, -0.2) is 24.1 Å². The lowest BCUT2D eigenvalue weighted by atomic mass is 9.13. The summed E-state index contributed by atoms with van der Waals surface area (Å²) in [6, 6.07) is 36.2. The van der Waals surface area contributed by atoms with Crippen LogP contribution < -0.4 is 21.9 Å². The lowest BCUT2D eigenvalue weighted by Crippen LogP contribution is -2.75. The van der Waals surface area contributed by atoms with Gasteiger partial charge in [-0.15, -0.1) is 0 Å². The summed E-state index contributed by atoms with van der Waals surface area (Å²) in [7, 11) is 0. The van der Waals surface area contributed by atoms with Gasteiger partial charge < -0.3 is 4.74 Å². The van der Waals surface area contributed by atoms with E-state index in [4.69, 9.17) is 0 Å². The number of hydrogen-bond acceptors (Lipinski definition) is 0. The van der Waals surface area contributed by atoms with Crippen LogP contribution in [0.15, 0.2) is 97.1 Å². The molecule has 0 bridgehead atoms. The molecule has 0 radical (unpaired) electrons. The van der Waals surface area contributed by atoms with Gasteiger partial charge in [-0.05, 0) is 27.7 Å². The van der Waals surface area contributed by atoms with Crippen molar-refractivity contribution in [2.45, 2.75) is 41.5 Å². The van der Waals surface area contributed by atoms with Gasteiger partial charge in [0.1, 0.15) is 19.4 Å². The third kappa shape index (κ3) is 5.69. The maximum Gasteiger partial charge on any atom is 0.141 e. The molecule has 0 unspecified atom stereocenters. The minimum Gasteiger partial charge on any atom is -0.434 e. The van der Waals surface area contributed by atoms with Crippen molar-refractivity contribution < 1.29 is 4.74 Å². The standard InChI is InChI=1S/C28H28B.C4H10O/c1-21-9-5-13-25(17-21)29(26-14-6-10-22(2)18-26,27-15-7-11-23(3)19-27)28-16-8-12-24(4)20-28;1-3-5-4-2/h5-20H,1-4H3;3-4H2,1-2H3/q-1;/p+1. The van der Waals surface area contributed by atoms with Crippen molar-refractivity contribution in [1.82, 2.24) is 0 Å². The highest BCUT2D eigenvalue weighted by Gasteiger charge is 2.32. The smallest absolute Gasteiger partial charge is 0.141 e. The van der Waals surface area contributed by atoms with E-state index in [0.29, 0.717) is 0 Å². The highest BCUT2D eigenvalue weighted by molar-refractivity contribution is 7.19. The zero-order valence-electron chi connectivity index (χ0n) is 21.7. The van der Waals surface area contributed by atoms with Crippen LogP contribution in [0.2, 0.25) is 0 Å². The van der Waals surface area contributed by atoms with E-state index in [0.717, 1.165) is 13.2 Å². The average molecular weight is 450 g/mol. The second-order valence-electron chi connectivity index (χ2n) is 9.38. The van der Waals surface area contributed by atoms with E-state index in [1.807, 2.05) is 13.8 Å². The molecule has 4 aromatic carbocycles. The average Bonchev–Trinajstić information content (AvgIpc) is 2.81. The van der Waals surface area contributed by atoms with Gasteiger partial charge >= 0.3 is 0 Å². The van der Waals surface area contributed by atoms with E-state index in [1.165, 1.54) is 44.1 Å². The molecule has 34 heavy (non-hydrogen) atoms. The van der Waals surface area contributed by atoms with Crippen molar-refractivity contribution >= 4 is 28.0 Å². The lowest BCUT2D eigenvalue weighted by molar-refractivity contribution is -0.0178. The summed E-state index contributed by atoms with van der Waals surface area (Å²) in [5, 5.41) is 0. The molecule has 0 heterocycles. The molecule has 4 rings (SSSR count). The summed E-state index contributed by atoms with van der Waals surface area (Å²) in [6.07, 6.45) is -1.29. The summed E-state index contributed by atoms with van der Waals surface area (Å²) in [5.41, 5.74) is 10.6. The van der Waals surface area contributed by atoms with Crippen LogP contribution in [0.3, 0.4) is 0 Å². The Kier molecular flexibility index (Phi) is 8.90. The van der Waals surface area contributed by atoms with Crippen LogP contribution in [0, 0.1) is 27.7 Å². The monoisotopic (exact) mass is 450 g/mol. The van der Waals surface area contributed by atoms with Gasteiger partial charge in [0.05, 0.1) is 0 Å². The molecule has 0 atom stereocenters. The second-order valence-corrected chi connectivity index (χ2v) is 9.38. The Morgan fingerprint density at radius 1 is 0.471 bits per heavy atom. The largest absolute Gasteiger partial charge is 0.434 e. The fraction of sp³-hybridized carbons (Fsp3) is 0.250. The van der Waals surface area contributed by atoms with Gasteiger partial charge in [0, 0.05) is 13.8 Å². The van der Waals surface area contributed by atoms with Crippen molar-refractivity contribution in [1.29, 1.82) is 0 Å². The van der Waals surface area contributed by atoms with Crippen LogP contribution in [0.1, 0.15) is 36.1 Å². The van der Waals surface area contributed by atoms with E-state index in [-0.39, 0.29) is 0 Å².